The molecule has 0 saturated carbocycles. The summed E-state index contributed by atoms with van der Waals surface area (Å²) >= 11 is 0. The molecule has 140 valence electrons. The summed E-state index contributed by atoms with van der Waals surface area (Å²) in [5.74, 6) is 0.636. The Kier molecular flexibility index (Phi) is 4.53. The highest BCUT2D eigenvalue weighted by atomic mass is 16.3. The van der Waals surface area contributed by atoms with Crippen molar-refractivity contribution in [2.24, 2.45) is 0 Å². The molecule has 27 heavy (non-hydrogen) atoms. The standard InChI is InChI=1S/C20H23N5O2/c1-12-8-16(26)18(17(27)9-12)19-14-5-6-21-10-15(14)20(24-23-19)22-13-4-3-7-25(2)11-13/h5-6,8-10,13,26-27H,3-4,7,11H2,1-2H3,(H,22,24)/t13-/m1/s1. The van der Waals surface area contributed by atoms with Crippen molar-refractivity contribution in [3.05, 3.63) is 36.2 Å². The predicted molar refractivity (Wildman–Crippen MR) is 105 cm³/mol. The predicted octanol–water partition coefficient (Wildman–Crippen LogP) is 2.92. The van der Waals surface area contributed by atoms with Crippen LogP contribution in [0.1, 0.15) is 18.4 Å². The van der Waals surface area contributed by atoms with Crippen LogP contribution in [0.3, 0.4) is 0 Å². The zero-order valence-electron chi connectivity index (χ0n) is 15.5. The number of piperidine rings is 1. The Labute approximate surface area is 157 Å². The number of phenols is 2. The third-order valence-corrected chi connectivity index (χ3v) is 5.02. The highest BCUT2D eigenvalue weighted by Gasteiger charge is 2.21. The molecule has 0 aliphatic carbocycles. The summed E-state index contributed by atoms with van der Waals surface area (Å²) in [7, 11) is 2.12. The first-order valence-electron chi connectivity index (χ1n) is 9.11. The molecule has 3 N–H and O–H groups in total. The van der Waals surface area contributed by atoms with E-state index in [0.29, 0.717) is 17.6 Å². The molecule has 1 fully saturated rings. The van der Waals surface area contributed by atoms with E-state index in [0.717, 1.165) is 42.3 Å². The molecule has 0 radical (unpaired) electrons. The Morgan fingerprint density at radius 3 is 2.67 bits per heavy atom. The second-order valence-electron chi connectivity index (χ2n) is 7.24. The topological polar surface area (TPSA) is 94.4 Å². The van der Waals surface area contributed by atoms with Gasteiger partial charge in [0.15, 0.2) is 5.82 Å². The third kappa shape index (κ3) is 3.38. The highest BCUT2D eigenvalue weighted by Crippen LogP contribution is 2.40. The summed E-state index contributed by atoms with van der Waals surface area (Å²) in [6.45, 7) is 3.87. The number of phenolic OH excluding ortho intramolecular Hbond substituents is 2. The van der Waals surface area contributed by atoms with Gasteiger partial charge in [0.25, 0.3) is 0 Å². The van der Waals surface area contributed by atoms with Gasteiger partial charge in [0.05, 0.1) is 5.56 Å². The molecule has 1 saturated heterocycles. The van der Waals surface area contributed by atoms with E-state index in [4.69, 9.17) is 0 Å². The lowest BCUT2D eigenvalue weighted by molar-refractivity contribution is 0.261. The number of likely N-dealkylation sites (N-methyl/N-ethyl adjacent to an activating group) is 1. The maximum Gasteiger partial charge on any atom is 0.158 e. The molecular weight excluding hydrogens is 342 g/mol. The first kappa shape index (κ1) is 17.5. The maximum absolute atomic E-state index is 10.4. The fourth-order valence-electron chi connectivity index (χ4n) is 3.76. The summed E-state index contributed by atoms with van der Waals surface area (Å²) < 4.78 is 0. The summed E-state index contributed by atoms with van der Waals surface area (Å²) in [4.78, 5) is 6.53. The van der Waals surface area contributed by atoms with Crippen molar-refractivity contribution in [1.29, 1.82) is 0 Å². The minimum atomic E-state index is -0.0190. The van der Waals surface area contributed by atoms with Crippen molar-refractivity contribution in [3.63, 3.8) is 0 Å². The highest BCUT2D eigenvalue weighted by molar-refractivity contribution is 6.01. The van der Waals surface area contributed by atoms with Gasteiger partial charge >= 0.3 is 0 Å². The van der Waals surface area contributed by atoms with Crippen LogP contribution in [0.5, 0.6) is 11.5 Å². The van der Waals surface area contributed by atoms with Gasteiger partial charge in [0.1, 0.15) is 17.2 Å². The number of benzene rings is 1. The van der Waals surface area contributed by atoms with Crippen molar-refractivity contribution in [2.75, 3.05) is 25.5 Å². The number of hydrogen-bond donors (Lipinski definition) is 3. The number of nitrogens with one attached hydrogen (secondary N) is 1. The first-order valence-corrected chi connectivity index (χ1v) is 9.11. The van der Waals surface area contributed by atoms with Gasteiger partial charge in [-0.05, 0) is 57.1 Å². The summed E-state index contributed by atoms with van der Waals surface area (Å²) in [5, 5.41) is 34.5. The maximum atomic E-state index is 10.4. The van der Waals surface area contributed by atoms with Crippen LogP contribution in [0.4, 0.5) is 5.82 Å². The van der Waals surface area contributed by atoms with Crippen LogP contribution in [-0.2, 0) is 0 Å². The summed E-state index contributed by atoms with van der Waals surface area (Å²) in [5.41, 5.74) is 1.49. The number of aromatic nitrogens is 3. The van der Waals surface area contributed by atoms with Crippen LogP contribution >= 0.6 is 0 Å². The number of likely N-dealkylation sites (tertiary alicyclic amines) is 1. The number of pyridine rings is 1. The lowest BCUT2D eigenvalue weighted by atomic mass is 10.0. The summed E-state index contributed by atoms with van der Waals surface area (Å²) in [6, 6.07) is 5.34. The molecule has 7 heteroatoms. The number of fused-ring (bicyclic) bond motifs is 1. The molecule has 1 aromatic carbocycles. The van der Waals surface area contributed by atoms with Crippen LogP contribution in [0, 0.1) is 6.92 Å². The van der Waals surface area contributed by atoms with E-state index in [1.54, 1.807) is 24.5 Å². The molecule has 3 heterocycles. The van der Waals surface area contributed by atoms with Crippen LogP contribution in [-0.4, -0.2) is 56.5 Å². The SMILES string of the molecule is Cc1cc(O)c(-c2nnc(N[C@@H]3CCCN(C)C3)c3cnccc23)c(O)c1. The molecule has 0 unspecified atom stereocenters. The van der Waals surface area contributed by atoms with Gasteiger partial charge in [-0.3, -0.25) is 4.98 Å². The van der Waals surface area contributed by atoms with Crippen molar-refractivity contribution in [3.8, 4) is 22.8 Å². The minimum absolute atomic E-state index is 0.0190. The lowest BCUT2D eigenvalue weighted by Crippen LogP contribution is -2.40. The van der Waals surface area contributed by atoms with E-state index in [1.807, 2.05) is 13.0 Å². The number of rotatable bonds is 3. The molecule has 1 atom stereocenters. The Morgan fingerprint density at radius 1 is 1.15 bits per heavy atom. The largest absolute Gasteiger partial charge is 0.507 e. The molecule has 1 aliphatic heterocycles. The Balaban J connectivity index is 1.79. The molecular formula is C20H23N5O2. The van der Waals surface area contributed by atoms with Gasteiger partial charge in [0, 0.05) is 35.8 Å². The number of hydrogen-bond acceptors (Lipinski definition) is 7. The van der Waals surface area contributed by atoms with Gasteiger partial charge in [-0.2, -0.15) is 0 Å². The third-order valence-electron chi connectivity index (χ3n) is 5.02. The van der Waals surface area contributed by atoms with Crippen LogP contribution < -0.4 is 5.32 Å². The number of aryl methyl sites for hydroxylation is 1. The molecule has 4 rings (SSSR count). The van der Waals surface area contributed by atoms with Gasteiger partial charge < -0.3 is 20.4 Å². The van der Waals surface area contributed by atoms with Gasteiger partial charge in [-0.1, -0.05) is 0 Å². The monoisotopic (exact) mass is 365 g/mol. The molecule has 7 nitrogen and oxygen atoms in total. The Bertz CT molecular complexity index is 968. The van der Waals surface area contributed by atoms with Crippen molar-refractivity contribution >= 4 is 16.6 Å². The van der Waals surface area contributed by atoms with E-state index in [-0.39, 0.29) is 17.1 Å². The van der Waals surface area contributed by atoms with Crippen molar-refractivity contribution in [2.45, 2.75) is 25.8 Å². The van der Waals surface area contributed by atoms with Crippen LogP contribution in [0.25, 0.3) is 22.0 Å². The van der Waals surface area contributed by atoms with Crippen LogP contribution in [0.2, 0.25) is 0 Å². The number of anilines is 1. The normalized spacial score (nSPS) is 17.9. The molecule has 0 spiro atoms. The smallest absolute Gasteiger partial charge is 0.158 e. The first-order chi connectivity index (χ1) is 13.0. The number of aromatic hydroxyl groups is 2. The molecule has 2 aromatic heterocycles. The fourth-order valence-corrected chi connectivity index (χ4v) is 3.76. The van der Waals surface area contributed by atoms with E-state index in [2.05, 4.69) is 32.4 Å². The summed E-state index contributed by atoms with van der Waals surface area (Å²) in [6.07, 6.45) is 5.63. The van der Waals surface area contributed by atoms with Gasteiger partial charge in [0.2, 0.25) is 0 Å². The number of nitrogens with zero attached hydrogens (tertiary/aromatic N) is 4. The van der Waals surface area contributed by atoms with Crippen molar-refractivity contribution < 1.29 is 10.2 Å². The molecule has 3 aromatic rings. The van der Waals surface area contributed by atoms with Crippen LogP contribution in [0.15, 0.2) is 30.6 Å². The molecule has 0 amide bonds. The second kappa shape index (κ2) is 7.00. The van der Waals surface area contributed by atoms with E-state index < -0.39 is 0 Å². The van der Waals surface area contributed by atoms with Crippen molar-refractivity contribution in [1.82, 2.24) is 20.1 Å². The quantitative estimate of drug-likeness (QED) is 0.657. The molecule has 1 aliphatic rings. The Hall–Kier alpha value is -2.93. The second-order valence-corrected chi connectivity index (χ2v) is 7.24. The fraction of sp³-hybridized carbons (Fsp3) is 0.350. The van der Waals surface area contributed by atoms with Gasteiger partial charge in [-0.15, -0.1) is 10.2 Å². The van der Waals surface area contributed by atoms with E-state index >= 15 is 0 Å². The average Bonchev–Trinajstić information content (AvgIpc) is 2.62. The van der Waals surface area contributed by atoms with Gasteiger partial charge in [-0.25, -0.2) is 0 Å². The zero-order chi connectivity index (χ0) is 19.0. The zero-order valence-corrected chi connectivity index (χ0v) is 15.5. The van der Waals surface area contributed by atoms with E-state index in [9.17, 15) is 10.2 Å². The Morgan fingerprint density at radius 2 is 1.93 bits per heavy atom. The lowest BCUT2D eigenvalue weighted by Gasteiger charge is -2.30. The van der Waals surface area contributed by atoms with E-state index in [1.165, 1.54) is 0 Å². The average molecular weight is 365 g/mol. The minimum Gasteiger partial charge on any atom is -0.507 e. The molecule has 0 bridgehead atoms.